The molecule has 0 unspecified atom stereocenters. The molecule has 0 radical (unpaired) electrons. The highest BCUT2D eigenvalue weighted by atomic mass is 32.2. The van der Waals surface area contributed by atoms with E-state index in [1.165, 1.54) is 13.1 Å². The Kier molecular flexibility index (Phi) is 5.46. The largest absolute Gasteiger partial charge is 0.359 e. The Morgan fingerprint density at radius 2 is 2.05 bits per heavy atom. The lowest BCUT2D eigenvalue weighted by Gasteiger charge is -2.10. The zero-order chi connectivity index (χ0) is 14.5. The number of aryl methyl sites for hydroxylation is 1. The maximum absolute atomic E-state index is 12.0. The topological polar surface area (TPSA) is 101 Å². The van der Waals surface area contributed by atoms with Gasteiger partial charge in [0.15, 0.2) is 0 Å². The van der Waals surface area contributed by atoms with Crippen LogP contribution < -0.4 is 15.8 Å². The molecule has 0 aliphatic carbocycles. The summed E-state index contributed by atoms with van der Waals surface area (Å²) in [5, 5.41) is 2.43. The maximum Gasteiger partial charge on any atom is 0.240 e. The highest BCUT2D eigenvalue weighted by Gasteiger charge is 2.16. The Morgan fingerprint density at radius 3 is 2.58 bits per heavy atom. The first kappa shape index (κ1) is 15.6. The summed E-state index contributed by atoms with van der Waals surface area (Å²) >= 11 is 0. The first-order valence-electron chi connectivity index (χ1n) is 5.90. The summed E-state index contributed by atoms with van der Waals surface area (Å²) in [7, 11) is -2.08. The van der Waals surface area contributed by atoms with E-state index in [0.717, 1.165) is 5.56 Å². The lowest BCUT2D eigenvalue weighted by Crippen LogP contribution is -2.29. The van der Waals surface area contributed by atoms with Crippen LogP contribution in [0, 0.1) is 6.92 Å². The molecule has 0 aliphatic rings. The minimum Gasteiger partial charge on any atom is -0.359 e. The average Bonchev–Trinajstić information content (AvgIpc) is 2.37. The van der Waals surface area contributed by atoms with Gasteiger partial charge in [0.1, 0.15) is 0 Å². The van der Waals surface area contributed by atoms with Gasteiger partial charge in [0.2, 0.25) is 15.9 Å². The fourth-order valence-corrected chi connectivity index (χ4v) is 2.90. The number of rotatable bonds is 6. The van der Waals surface area contributed by atoms with Gasteiger partial charge in [-0.15, -0.1) is 0 Å². The van der Waals surface area contributed by atoms with Gasteiger partial charge in [-0.1, -0.05) is 12.1 Å². The summed E-state index contributed by atoms with van der Waals surface area (Å²) < 4.78 is 26.5. The molecule has 0 saturated carbocycles. The predicted octanol–water partition coefficient (Wildman–Crippen LogP) is -0.132. The van der Waals surface area contributed by atoms with E-state index >= 15 is 0 Å². The smallest absolute Gasteiger partial charge is 0.240 e. The van der Waals surface area contributed by atoms with E-state index in [9.17, 15) is 13.2 Å². The van der Waals surface area contributed by atoms with Crippen molar-refractivity contribution in [1.82, 2.24) is 10.0 Å². The van der Waals surface area contributed by atoms with Crippen molar-refractivity contribution in [3.05, 3.63) is 29.3 Å². The second-order valence-electron chi connectivity index (χ2n) is 4.12. The molecular weight excluding hydrogens is 266 g/mol. The number of nitrogens with two attached hydrogens (primary N) is 1. The zero-order valence-electron chi connectivity index (χ0n) is 11.1. The summed E-state index contributed by atoms with van der Waals surface area (Å²) in [6.45, 7) is 2.15. The molecular formula is C12H19N3O3S. The van der Waals surface area contributed by atoms with Gasteiger partial charge in [-0.25, -0.2) is 13.1 Å². The number of nitrogens with one attached hydrogen (secondary N) is 2. The number of hydrogen-bond donors (Lipinski definition) is 3. The van der Waals surface area contributed by atoms with Crippen LogP contribution in [0.4, 0.5) is 0 Å². The van der Waals surface area contributed by atoms with E-state index in [2.05, 4.69) is 10.0 Å². The number of sulfonamides is 1. The van der Waals surface area contributed by atoms with Crippen LogP contribution in [0.1, 0.15) is 17.5 Å². The SMILES string of the molecule is CNC(=O)CCNS(=O)(=O)c1ccc(CN)cc1C. The molecule has 1 rings (SSSR count). The number of carbonyl (C=O) groups is 1. The Bertz CT molecular complexity index is 555. The molecule has 0 atom stereocenters. The number of hydrogen-bond acceptors (Lipinski definition) is 4. The van der Waals surface area contributed by atoms with E-state index in [-0.39, 0.29) is 23.8 Å². The van der Waals surface area contributed by atoms with Crippen molar-refractivity contribution in [2.24, 2.45) is 5.73 Å². The van der Waals surface area contributed by atoms with Crippen LogP contribution in [0.5, 0.6) is 0 Å². The Balaban J connectivity index is 2.80. The van der Waals surface area contributed by atoms with Crippen LogP contribution in [0.3, 0.4) is 0 Å². The van der Waals surface area contributed by atoms with Crippen molar-refractivity contribution >= 4 is 15.9 Å². The third kappa shape index (κ3) is 4.30. The van der Waals surface area contributed by atoms with Gasteiger partial charge in [-0.05, 0) is 24.1 Å². The summed E-state index contributed by atoms with van der Waals surface area (Å²) in [4.78, 5) is 11.2. The molecule has 0 bridgehead atoms. The number of benzene rings is 1. The van der Waals surface area contributed by atoms with Crippen molar-refractivity contribution in [1.29, 1.82) is 0 Å². The molecule has 0 aromatic heterocycles. The highest BCUT2D eigenvalue weighted by molar-refractivity contribution is 7.89. The Labute approximate surface area is 113 Å². The van der Waals surface area contributed by atoms with Crippen LogP contribution in [0.15, 0.2) is 23.1 Å². The van der Waals surface area contributed by atoms with Crippen molar-refractivity contribution in [3.8, 4) is 0 Å². The van der Waals surface area contributed by atoms with Gasteiger partial charge in [0, 0.05) is 26.6 Å². The lowest BCUT2D eigenvalue weighted by atomic mass is 10.1. The Morgan fingerprint density at radius 1 is 1.37 bits per heavy atom. The molecule has 0 heterocycles. The van der Waals surface area contributed by atoms with Crippen molar-refractivity contribution in [2.45, 2.75) is 24.8 Å². The monoisotopic (exact) mass is 285 g/mol. The molecule has 1 aromatic carbocycles. The van der Waals surface area contributed by atoms with Gasteiger partial charge in [0.25, 0.3) is 0 Å². The average molecular weight is 285 g/mol. The summed E-state index contributed by atoms with van der Waals surface area (Å²) in [5.74, 6) is -0.210. The summed E-state index contributed by atoms with van der Waals surface area (Å²) in [5.41, 5.74) is 7.01. The number of amides is 1. The van der Waals surface area contributed by atoms with Crippen LogP contribution in [0.2, 0.25) is 0 Å². The molecule has 1 amide bonds. The predicted molar refractivity (Wildman–Crippen MR) is 72.9 cm³/mol. The zero-order valence-corrected chi connectivity index (χ0v) is 11.9. The lowest BCUT2D eigenvalue weighted by molar-refractivity contribution is -0.120. The number of carbonyl (C=O) groups excluding carboxylic acids is 1. The van der Waals surface area contributed by atoms with Gasteiger partial charge in [0.05, 0.1) is 4.90 Å². The minimum atomic E-state index is -3.59. The van der Waals surface area contributed by atoms with E-state index in [1.54, 1.807) is 19.1 Å². The minimum absolute atomic E-state index is 0.0695. The van der Waals surface area contributed by atoms with E-state index < -0.39 is 10.0 Å². The van der Waals surface area contributed by atoms with Gasteiger partial charge in [-0.2, -0.15) is 0 Å². The van der Waals surface area contributed by atoms with E-state index in [1.807, 2.05) is 0 Å². The Hall–Kier alpha value is -1.44. The molecule has 1 aromatic rings. The fourth-order valence-electron chi connectivity index (χ4n) is 1.64. The van der Waals surface area contributed by atoms with Crippen LogP contribution in [0.25, 0.3) is 0 Å². The first-order valence-corrected chi connectivity index (χ1v) is 7.39. The summed E-state index contributed by atoms with van der Waals surface area (Å²) in [6.07, 6.45) is 0.107. The standard InChI is InChI=1S/C12H19N3O3S/c1-9-7-10(8-13)3-4-11(9)19(17,18)15-6-5-12(16)14-2/h3-4,7,15H,5-6,8,13H2,1-2H3,(H,14,16). The molecule has 6 nitrogen and oxygen atoms in total. The first-order chi connectivity index (χ1) is 8.90. The molecule has 0 spiro atoms. The molecule has 0 saturated heterocycles. The second kappa shape index (κ2) is 6.65. The summed E-state index contributed by atoms with van der Waals surface area (Å²) in [6, 6.07) is 4.95. The molecule has 0 aliphatic heterocycles. The molecule has 19 heavy (non-hydrogen) atoms. The second-order valence-corrected chi connectivity index (χ2v) is 5.86. The fraction of sp³-hybridized carbons (Fsp3) is 0.417. The molecule has 4 N–H and O–H groups in total. The molecule has 0 fully saturated rings. The van der Waals surface area contributed by atoms with Gasteiger partial charge >= 0.3 is 0 Å². The van der Waals surface area contributed by atoms with Crippen LogP contribution in [-0.2, 0) is 21.4 Å². The van der Waals surface area contributed by atoms with Crippen molar-refractivity contribution in [2.75, 3.05) is 13.6 Å². The highest BCUT2D eigenvalue weighted by Crippen LogP contribution is 2.16. The van der Waals surface area contributed by atoms with E-state index in [0.29, 0.717) is 12.1 Å². The van der Waals surface area contributed by atoms with Gasteiger partial charge < -0.3 is 11.1 Å². The molecule has 7 heteroatoms. The molecule has 106 valence electrons. The quantitative estimate of drug-likeness (QED) is 0.677. The third-order valence-corrected chi connectivity index (χ3v) is 4.31. The van der Waals surface area contributed by atoms with Crippen molar-refractivity contribution in [3.63, 3.8) is 0 Å². The van der Waals surface area contributed by atoms with Crippen LogP contribution >= 0.6 is 0 Å². The normalized spacial score (nSPS) is 11.3. The third-order valence-electron chi connectivity index (χ3n) is 2.69. The van der Waals surface area contributed by atoms with Gasteiger partial charge in [-0.3, -0.25) is 4.79 Å². The van der Waals surface area contributed by atoms with E-state index in [4.69, 9.17) is 5.73 Å². The van der Waals surface area contributed by atoms with Crippen LogP contribution in [-0.4, -0.2) is 27.9 Å². The van der Waals surface area contributed by atoms with Crippen molar-refractivity contribution < 1.29 is 13.2 Å². The maximum atomic E-state index is 12.0.